The number of hydrogen-bond donors (Lipinski definition) is 3. The quantitative estimate of drug-likeness (QED) is 0.164. The number of nitrogens with zero attached hydrogens (tertiary/aromatic N) is 3. The zero-order chi connectivity index (χ0) is 30.7. The van der Waals surface area contributed by atoms with Gasteiger partial charge >= 0.3 is 6.03 Å². The number of carbonyl (C=O) groups is 2. The number of urea groups is 1. The fourth-order valence-electron chi connectivity index (χ4n) is 4.39. The van der Waals surface area contributed by atoms with Gasteiger partial charge in [0.15, 0.2) is 0 Å². The highest BCUT2D eigenvalue weighted by atomic mass is 35.5. The molecule has 3 amide bonds. The second-order valence-corrected chi connectivity index (χ2v) is 11.8. The van der Waals surface area contributed by atoms with Crippen molar-refractivity contribution < 1.29 is 23.8 Å². The summed E-state index contributed by atoms with van der Waals surface area (Å²) in [5.41, 5.74) is 2.29. The summed E-state index contributed by atoms with van der Waals surface area (Å²) in [6, 6.07) is 12.0. The molecule has 12 heteroatoms. The summed E-state index contributed by atoms with van der Waals surface area (Å²) in [5, 5.41) is 14.2. The number of halogens is 1. The molecule has 0 unspecified atom stereocenters. The van der Waals surface area contributed by atoms with E-state index in [-0.39, 0.29) is 11.3 Å². The number of methoxy groups -OCH3 is 1. The smallest absolute Gasteiger partial charge is 0.324 e. The van der Waals surface area contributed by atoms with Crippen LogP contribution in [0.2, 0.25) is 5.02 Å². The van der Waals surface area contributed by atoms with Gasteiger partial charge in [0, 0.05) is 49.2 Å². The van der Waals surface area contributed by atoms with Crippen LogP contribution in [-0.4, -0.2) is 47.0 Å². The van der Waals surface area contributed by atoms with Crippen molar-refractivity contribution in [2.24, 2.45) is 0 Å². The largest absolute Gasteiger partial charge is 0.489 e. The van der Waals surface area contributed by atoms with Crippen LogP contribution in [0.5, 0.6) is 17.2 Å². The van der Waals surface area contributed by atoms with Gasteiger partial charge in [-0.15, -0.1) is 0 Å². The summed E-state index contributed by atoms with van der Waals surface area (Å²) in [7, 11) is 1.58. The Balaban J connectivity index is 1.32. The molecule has 1 fully saturated rings. The Kier molecular flexibility index (Phi) is 8.74. The number of aromatic nitrogens is 3. The summed E-state index contributed by atoms with van der Waals surface area (Å²) in [6.07, 6.45) is 3.70. The summed E-state index contributed by atoms with van der Waals surface area (Å²) in [4.78, 5) is 29.2. The van der Waals surface area contributed by atoms with E-state index < -0.39 is 6.03 Å². The number of ether oxygens (including phenoxy) is 3. The first-order valence-electron chi connectivity index (χ1n) is 14.0. The fraction of sp³-hybridized carbons (Fsp3) is 0.355. The number of benzene rings is 2. The minimum atomic E-state index is -0.424. The maximum Gasteiger partial charge on any atom is 0.324 e. The van der Waals surface area contributed by atoms with Crippen LogP contribution >= 0.6 is 11.6 Å². The summed E-state index contributed by atoms with van der Waals surface area (Å²) in [5.74, 6) is 1.82. The maximum atomic E-state index is 12.9. The molecule has 3 N–H and O–H groups in total. The van der Waals surface area contributed by atoms with Crippen molar-refractivity contribution in [3.63, 3.8) is 0 Å². The number of carbonyl (C=O) groups excluding carboxylic acids is 2. The zero-order valence-electron chi connectivity index (χ0n) is 24.8. The Labute approximate surface area is 254 Å². The predicted molar refractivity (Wildman–Crippen MR) is 167 cm³/mol. The van der Waals surface area contributed by atoms with Crippen molar-refractivity contribution in [3.05, 3.63) is 59.4 Å². The van der Waals surface area contributed by atoms with E-state index in [1.807, 2.05) is 10.7 Å². The third-order valence-electron chi connectivity index (χ3n) is 6.71. The van der Waals surface area contributed by atoms with E-state index in [0.29, 0.717) is 69.6 Å². The first-order valence-corrected chi connectivity index (χ1v) is 14.4. The van der Waals surface area contributed by atoms with E-state index in [9.17, 15) is 9.59 Å². The van der Waals surface area contributed by atoms with Crippen molar-refractivity contribution in [3.8, 4) is 17.2 Å². The molecular formula is C31H35ClN6O5. The van der Waals surface area contributed by atoms with Gasteiger partial charge in [-0.05, 0) is 37.1 Å². The SMILES string of the molecule is COCCOc1cc2nccc(Oc3ccc(NC(=O)Nc4cc(C(C)(C)C)nn4C4CC4)c(Cl)c3)c2cc1NC(C)=O. The van der Waals surface area contributed by atoms with Crippen molar-refractivity contribution >= 4 is 51.6 Å². The molecule has 2 aromatic heterocycles. The molecule has 0 bridgehead atoms. The fourth-order valence-corrected chi connectivity index (χ4v) is 4.61. The molecule has 43 heavy (non-hydrogen) atoms. The molecule has 2 aromatic carbocycles. The third kappa shape index (κ3) is 7.36. The average Bonchev–Trinajstić information content (AvgIpc) is 3.69. The number of nitrogens with one attached hydrogen (secondary N) is 3. The number of pyridine rings is 1. The number of amides is 3. The summed E-state index contributed by atoms with van der Waals surface area (Å²) >= 11 is 6.55. The van der Waals surface area contributed by atoms with Gasteiger partial charge in [-0.1, -0.05) is 32.4 Å². The van der Waals surface area contributed by atoms with Gasteiger partial charge in [0.25, 0.3) is 0 Å². The Bertz CT molecular complexity index is 1660. The molecule has 1 aliphatic rings. The zero-order valence-corrected chi connectivity index (χ0v) is 25.5. The van der Waals surface area contributed by atoms with Crippen molar-refractivity contribution in [1.82, 2.24) is 14.8 Å². The second-order valence-electron chi connectivity index (χ2n) is 11.4. The van der Waals surface area contributed by atoms with Crippen LogP contribution in [0, 0.1) is 0 Å². The molecular weight excluding hydrogens is 572 g/mol. The monoisotopic (exact) mass is 606 g/mol. The standard InChI is InChI=1S/C31H35ClN6O5/c1-18(39)34-25-15-21-24(16-27(25)42-13-12-41-5)33-11-10-26(21)43-20-8-9-23(22(32)14-20)35-30(40)36-29-17-28(31(2,3)4)37-38(29)19-6-7-19/h8-11,14-17,19H,6-7,12-13H2,1-5H3,(H,34,39)(H2,35,36,40). The summed E-state index contributed by atoms with van der Waals surface area (Å²) in [6.45, 7) is 8.40. The number of rotatable bonds is 10. The van der Waals surface area contributed by atoms with Gasteiger partial charge < -0.3 is 24.8 Å². The van der Waals surface area contributed by atoms with Crippen LogP contribution < -0.4 is 25.4 Å². The topological polar surface area (TPSA) is 129 Å². The van der Waals surface area contributed by atoms with E-state index in [4.69, 9.17) is 30.9 Å². The first-order chi connectivity index (χ1) is 20.5. The van der Waals surface area contributed by atoms with E-state index in [0.717, 1.165) is 18.5 Å². The van der Waals surface area contributed by atoms with E-state index in [1.54, 1.807) is 49.7 Å². The molecule has 0 saturated heterocycles. The van der Waals surface area contributed by atoms with Crippen LogP contribution in [-0.2, 0) is 14.9 Å². The average molecular weight is 607 g/mol. The van der Waals surface area contributed by atoms with E-state index in [2.05, 4.69) is 41.7 Å². The lowest BCUT2D eigenvalue weighted by molar-refractivity contribution is -0.114. The molecule has 4 aromatic rings. The number of fused-ring (bicyclic) bond motifs is 1. The lowest BCUT2D eigenvalue weighted by Gasteiger charge is -2.15. The van der Waals surface area contributed by atoms with Crippen LogP contribution in [0.4, 0.5) is 22.0 Å². The Morgan fingerprint density at radius 2 is 1.79 bits per heavy atom. The van der Waals surface area contributed by atoms with Crippen molar-refractivity contribution in [1.29, 1.82) is 0 Å². The maximum absolute atomic E-state index is 12.9. The lowest BCUT2D eigenvalue weighted by atomic mass is 9.92. The normalized spacial score (nSPS) is 13.1. The second kappa shape index (κ2) is 12.5. The molecule has 226 valence electrons. The van der Waals surface area contributed by atoms with Crippen LogP contribution in [0.3, 0.4) is 0 Å². The molecule has 1 saturated carbocycles. The van der Waals surface area contributed by atoms with E-state index in [1.165, 1.54) is 6.92 Å². The van der Waals surface area contributed by atoms with Gasteiger partial charge in [0.1, 0.15) is 29.7 Å². The van der Waals surface area contributed by atoms with Gasteiger partial charge in [-0.25, -0.2) is 9.48 Å². The van der Waals surface area contributed by atoms with Gasteiger partial charge in [-0.2, -0.15) is 5.10 Å². The van der Waals surface area contributed by atoms with Gasteiger partial charge in [0.2, 0.25) is 5.91 Å². The number of anilines is 3. The molecule has 0 spiro atoms. The molecule has 2 heterocycles. The molecule has 5 rings (SSSR count). The molecule has 0 radical (unpaired) electrons. The third-order valence-corrected chi connectivity index (χ3v) is 7.03. The van der Waals surface area contributed by atoms with Gasteiger partial charge in [-0.3, -0.25) is 15.1 Å². The highest BCUT2D eigenvalue weighted by Crippen LogP contribution is 2.39. The predicted octanol–water partition coefficient (Wildman–Crippen LogP) is 7.14. The Hall–Kier alpha value is -4.35. The lowest BCUT2D eigenvalue weighted by Crippen LogP contribution is -2.21. The van der Waals surface area contributed by atoms with Crippen molar-refractivity contribution in [2.75, 3.05) is 36.3 Å². The molecule has 11 nitrogen and oxygen atoms in total. The van der Waals surface area contributed by atoms with Crippen LogP contribution in [0.15, 0.2) is 48.7 Å². The van der Waals surface area contributed by atoms with Gasteiger partial charge in [0.05, 0.1) is 40.3 Å². The summed E-state index contributed by atoms with van der Waals surface area (Å²) < 4.78 is 18.9. The minimum absolute atomic E-state index is 0.141. The highest BCUT2D eigenvalue weighted by Gasteiger charge is 2.30. The van der Waals surface area contributed by atoms with Crippen LogP contribution in [0.25, 0.3) is 10.9 Å². The molecule has 0 aliphatic heterocycles. The Morgan fingerprint density at radius 3 is 2.47 bits per heavy atom. The Morgan fingerprint density at radius 1 is 1.00 bits per heavy atom. The van der Waals surface area contributed by atoms with E-state index >= 15 is 0 Å². The first kappa shape index (κ1) is 30.1. The highest BCUT2D eigenvalue weighted by molar-refractivity contribution is 6.34. The number of hydrogen-bond acceptors (Lipinski definition) is 7. The van der Waals surface area contributed by atoms with Crippen molar-refractivity contribution in [2.45, 2.75) is 52.0 Å². The molecule has 0 atom stereocenters. The molecule has 1 aliphatic carbocycles. The minimum Gasteiger partial charge on any atom is -0.489 e. The van der Waals surface area contributed by atoms with Crippen LogP contribution in [0.1, 0.15) is 52.3 Å².